The summed E-state index contributed by atoms with van der Waals surface area (Å²) in [5, 5.41) is 3.84. The van der Waals surface area contributed by atoms with Gasteiger partial charge in [0, 0.05) is 10.9 Å². The smallest absolute Gasteiger partial charge is 0.251 e. The molecule has 136 valence electrons. The van der Waals surface area contributed by atoms with Crippen LogP contribution in [0.25, 0.3) is 11.0 Å². The number of anilines is 1. The zero-order valence-corrected chi connectivity index (χ0v) is 15.6. The van der Waals surface area contributed by atoms with Crippen LogP contribution in [0.3, 0.4) is 0 Å². The fraction of sp³-hybridized carbons (Fsp3) is 0.211. The van der Waals surface area contributed by atoms with Crippen LogP contribution < -0.4 is 10.0 Å². The molecule has 0 saturated heterocycles. The molecule has 26 heavy (non-hydrogen) atoms. The fourth-order valence-electron chi connectivity index (χ4n) is 2.64. The van der Waals surface area contributed by atoms with E-state index in [1.807, 2.05) is 37.3 Å². The van der Waals surface area contributed by atoms with Crippen molar-refractivity contribution in [2.24, 2.45) is 0 Å². The first-order chi connectivity index (χ1) is 12.2. The van der Waals surface area contributed by atoms with E-state index in [9.17, 15) is 13.2 Å². The molecule has 1 atom stereocenters. The zero-order valence-electron chi connectivity index (χ0n) is 14.7. The third kappa shape index (κ3) is 4.05. The average molecular weight is 372 g/mol. The van der Waals surface area contributed by atoms with Crippen LogP contribution in [-0.4, -0.2) is 20.6 Å². The Hall–Kier alpha value is -2.80. The molecular formula is C19H20N2O4S. The number of carbonyl (C=O) groups is 1. The van der Waals surface area contributed by atoms with Gasteiger partial charge in [0.25, 0.3) is 5.91 Å². The third-order valence-corrected chi connectivity index (χ3v) is 4.60. The molecule has 2 aromatic carbocycles. The molecule has 1 aromatic heterocycles. The molecule has 0 aliphatic heterocycles. The van der Waals surface area contributed by atoms with Crippen LogP contribution >= 0.6 is 0 Å². The molecular weight excluding hydrogens is 352 g/mol. The maximum atomic E-state index is 12.5. The molecule has 0 aliphatic carbocycles. The number of hydrogen-bond acceptors (Lipinski definition) is 4. The number of rotatable bonds is 5. The maximum absolute atomic E-state index is 12.5. The van der Waals surface area contributed by atoms with Crippen LogP contribution in [0.1, 0.15) is 34.6 Å². The topological polar surface area (TPSA) is 88.4 Å². The first-order valence-electron chi connectivity index (χ1n) is 8.11. The summed E-state index contributed by atoms with van der Waals surface area (Å²) in [5.74, 6) is 0.343. The van der Waals surface area contributed by atoms with Crippen LogP contribution in [0.5, 0.6) is 0 Å². The molecule has 2 N–H and O–H groups in total. The molecule has 0 bridgehead atoms. The van der Waals surface area contributed by atoms with E-state index in [1.54, 1.807) is 19.1 Å². The summed E-state index contributed by atoms with van der Waals surface area (Å²) in [6, 6.07) is 14.1. The van der Waals surface area contributed by atoms with Crippen molar-refractivity contribution in [3.05, 3.63) is 65.4 Å². The van der Waals surface area contributed by atoms with Gasteiger partial charge in [-0.05, 0) is 43.7 Å². The highest BCUT2D eigenvalue weighted by Crippen LogP contribution is 2.24. The van der Waals surface area contributed by atoms with Crippen molar-refractivity contribution >= 4 is 32.6 Å². The van der Waals surface area contributed by atoms with E-state index in [4.69, 9.17) is 4.42 Å². The van der Waals surface area contributed by atoms with Crippen molar-refractivity contribution in [3.63, 3.8) is 0 Å². The number of carbonyl (C=O) groups excluding carboxylic acids is 1. The normalized spacial score (nSPS) is 12.7. The van der Waals surface area contributed by atoms with Gasteiger partial charge < -0.3 is 9.73 Å². The van der Waals surface area contributed by atoms with Crippen LogP contribution in [0.15, 0.2) is 52.9 Å². The van der Waals surface area contributed by atoms with E-state index < -0.39 is 10.0 Å². The second-order valence-electron chi connectivity index (χ2n) is 6.29. The molecule has 0 aliphatic rings. The monoisotopic (exact) mass is 372 g/mol. The van der Waals surface area contributed by atoms with Crippen LogP contribution in [-0.2, 0) is 10.0 Å². The predicted octanol–water partition coefficient (Wildman–Crippen LogP) is 3.60. The number of sulfonamides is 1. The van der Waals surface area contributed by atoms with E-state index in [2.05, 4.69) is 10.0 Å². The number of furan rings is 1. The Bertz CT molecular complexity index is 1040. The molecule has 6 nitrogen and oxygen atoms in total. The van der Waals surface area contributed by atoms with E-state index >= 15 is 0 Å². The molecule has 0 fully saturated rings. The van der Waals surface area contributed by atoms with Gasteiger partial charge in [0.1, 0.15) is 11.3 Å². The van der Waals surface area contributed by atoms with Gasteiger partial charge in [-0.15, -0.1) is 0 Å². The lowest BCUT2D eigenvalue weighted by Crippen LogP contribution is -2.26. The summed E-state index contributed by atoms with van der Waals surface area (Å²) >= 11 is 0. The molecule has 3 aromatic rings. The van der Waals surface area contributed by atoms with Gasteiger partial charge in [0.2, 0.25) is 10.0 Å². The molecule has 0 saturated carbocycles. The standard InChI is InChI=1S/C19H20N2O4S/c1-12-8-9-15(10-16(12)21-26(3,23)24)19(22)20-13(2)18-11-14-6-4-5-7-17(14)25-18/h4-11,13,21H,1-3H3,(H,20,22). The van der Waals surface area contributed by atoms with Crippen molar-refractivity contribution in [1.82, 2.24) is 5.32 Å². The minimum Gasteiger partial charge on any atom is -0.459 e. The quantitative estimate of drug-likeness (QED) is 0.716. The minimum absolute atomic E-state index is 0.311. The Morgan fingerprint density at radius 2 is 1.85 bits per heavy atom. The van der Waals surface area contributed by atoms with Crippen molar-refractivity contribution in [2.75, 3.05) is 11.0 Å². The average Bonchev–Trinajstić information content (AvgIpc) is 2.99. The van der Waals surface area contributed by atoms with E-state index in [-0.39, 0.29) is 11.9 Å². The fourth-order valence-corrected chi connectivity index (χ4v) is 3.26. The van der Waals surface area contributed by atoms with Crippen molar-refractivity contribution in [2.45, 2.75) is 19.9 Å². The highest BCUT2D eigenvalue weighted by Gasteiger charge is 2.16. The van der Waals surface area contributed by atoms with E-state index in [1.165, 1.54) is 6.07 Å². The van der Waals surface area contributed by atoms with Crippen LogP contribution in [0.4, 0.5) is 5.69 Å². The van der Waals surface area contributed by atoms with E-state index in [0.717, 1.165) is 22.8 Å². The number of aryl methyl sites for hydroxylation is 1. The lowest BCUT2D eigenvalue weighted by molar-refractivity contribution is 0.0935. The second kappa shape index (κ2) is 6.84. The lowest BCUT2D eigenvalue weighted by atomic mass is 10.1. The summed E-state index contributed by atoms with van der Waals surface area (Å²) in [4.78, 5) is 12.5. The number of fused-ring (bicyclic) bond motifs is 1. The van der Waals surface area contributed by atoms with Gasteiger partial charge in [-0.2, -0.15) is 0 Å². The number of nitrogens with one attached hydrogen (secondary N) is 2. The molecule has 1 unspecified atom stereocenters. The third-order valence-electron chi connectivity index (χ3n) is 4.01. The Labute approximate surface area is 152 Å². The molecule has 0 spiro atoms. The molecule has 3 rings (SSSR count). The van der Waals surface area contributed by atoms with Crippen LogP contribution in [0.2, 0.25) is 0 Å². The largest absolute Gasteiger partial charge is 0.459 e. The van der Waals surface area contributed by atoms with E-state index in [0.29, 0.717) is 17.0 Å². The highest BCUT2D eigenvalue weighted by atomic mass is 32.2. The zero-order chi connectivity index (χ0) is 18.9. The summed E-state index contributed by atoms with van der Waals surface area (Å²) in [6.07, 6.45) is 1.07. The van der Waals surface area contributed by atoms with Gasteiger partial charge in [0.15, 0.2) is 0 Å². The van der Waals surface area contributed by atoms with Crippen molar-refractivity contribution in [3.8, 4) is 0 Å². The SMILES string of the molecule is Cc1ccc(C(=O)NC(C)c2cc3ccccc3o2)cc1NS(C)(=O)=O. The first-order valence-corrected chi connectivity index (χ1v) is 10.00. The summed E-state index contributed by atoms with van der Waals surface area (Å²) in [7, 11) is -3.42. The first kappa shape index (κ1) is 18.0. The van der Waals surface area contributed by atoms with Gasteiger partial charge in [-0.25, -0.2) is 8.42 Å². The Balaban J connectivity index is 1.79. The number of para-hydroxylation sites is 1. The Morgan fingerprint density at radius 3 is 2.54 bits per heavy atom. The maximum Gasteiger partial charge on any atom is 0.251 e. The van der Waals surface area contributed by atoms with Gasteiger partial charge in [-0.1, -0.05) is 24.3 Å². The molecule has 1 amide bonds. The Kier molecular flexibility index (Phi) is 4.73. The molecule has 7 heteroatoms. The highest BCUT2D eigenvalue weighted by molar-refractivity contribution is 7.92. The Morgan fingerprint density at radius 1 is 1.12 bits per heavy atom. The summed E-state index contributed by atoms with van der Waals surface area (Å²) in [5.41, 5.74) is 2.25. The van der Waals surface area contributed by atoms with Crippen molar-refractivity contribution < 1.29 is 17.6 Å². The second-order valence-corrected chi connectivity index (χ2v) is 8.03. The van der Waals surface area contributed by atoms with Crippen molar-refractivity contribution in [1.29, 1.82) is 0 Å². The summed E-state index contributed by atoms with van der Waals surface area (Å²) in [6.45, 7) is 3.60. The van der Waals surface area contributed by atoms with Crippen LogP contribution in [0, 0.1) is 6.92 Å². The molecule has 0 radical (unpaired) electrons. The number of hydrogen-bond donors (Lipinski definition) is 2. The summed E-state index contributed by atoms with van der Waals surface area (Å²) < 4.78 is 31.1. The lowest BCUT2D eigenvalue weighted by Gasteiger charge is -2.13. The van der Waals surface area contributed by atoms with Gasteiger partial charge >= 0.3 is 0 Å². The van der Waals surface area contributed by atoms with Gasteiger partial charge in [0.05, 0.1) is 18.0 Å². The number of benzene rings is 2. The molecule has 1 heterocycles. The van der Waals surface area contributed by atoms with Gasteiger partial charge in [-0.3, -0.25) is 9.52 Å². The number of amides is 1. The predicted molar refractivity (Wildman–Crippen MR) is 102 cm³/mol. The minimum atomic E-state index is -3.42.